The van der Waals surface area contributed by atoms with Gasteiger partial charge in [0.1, 0.15) is 0 Å². The number of nitrogens with one attached hydrogen (secondary N) is 1. The Hall–Kier alpha value is 0.0700. The summed E-state index contributed by atoms with van der Waals surface area (Å²) in [7, 11) is -1.02. The van der Waals surface area contributed by atoms with Crippen molar-refractivity contribution in [2.45, 2.75) is 19.3 Å². The fourth-order valence-electron chi connectivity index (χ4n) is 0.810. The zero-order valence-corrected chi connectivity index (χ0v) is 9.01. The summed E-state index contributed by atoms with van der Waals surface area (Å²) < 4.78 is 19.3. The molecule has 13 heavy (non-hydrogen) atoms. The highest BCUT2D eigenvalue weighted by atomic mass is 31.2. The lowest BCUT2D eigenvalue weighted by Crippen LogP contribution is -2.09. The molecule has 0 amide bonds. The van der Waals surface area contributed by atoms with E-state index in [1.807, 2.05) is 7.05 Å². The molecule has 0 spiro atoms. The molecule has 5 nitrogen and oxygen atoms in total. The normalized spacial score (nSPS) is 15.6. The zero-order chi connectivity index (χ0) is 10.2. The van der Waals surface area contributed by atoms with E-state index in [1.54, 1.807) is 0 Å². The van der Waals surface area contributed by atoms with Crippen molar-refractivity contribution in [3.63, 3.8) is 0 Å². The molecule has 80 valence electrons. The zero-order valence-electron chi connectivity index (χ0n) is 8.12. The minimum Gasteiger partial charge on any atom is -0.756 e. The van der Waals surface area contributed by atoms with E-state index in [-0.39, 0.29) is 6.61 Å². The van der Waals surface area contributed by atoms with Crippen molar-refractivity contribution in [1.82, 2.24) is 5.32 Å². The van der Waals surface area contributed by atoms with Crippen molar-refractivity contribution >= 4 is 7.82 Å². The number of unbranched alkanes of at least 4 members (excludes halogenated alkanes) is 2. The van der Waals surface area contributed by atoms with Crippen molar-refractivity contribution in [3.8, 4) is 0 Å². The van der Waals surface area contributed by atoms with Gasteiger partial charge in [-0.05, 0) is 32.9 Å². The largest absolute Gasteiger partial charge is 0.756 e. The molecule has 0 bridgehead atoms. The van der Waals surface area contributed by atoms with Crippen LogP contribution < -0.4 is 10.2 Å². The lowest BCUT2D eigenvalue weighted by molar-refractivity contribution is -0.223. The quantitative estimate of drug-likeness (QED) is 0.467. The summed E-state index contributed by atoms with van der Waals surface area (Å²) >= 11 is 0. The molecule has 1 unspecified atom stereocenters. The highest BCUT2D eigenvalue weighted by molar-refractivity contribution is 7.45. The van der Waals surface area contributed by atoms with Crippen LogP contribution in [0, 0.1) is 0 Å². The predicted octanol–water partition coefficient (Wildman–Crippen LogP) is 0.507. The van der Waals surface area contributed by atoms with Crippen LogP contribution in [0.4, 0.5) is 0 Å². The first-order valence-corrected chi connectivity index (χ1v) is 5.74. The van der Waals surface area contributed by atoms with Crippen molar-refractivity contribution in [1.29, 1.82) is 0 Å². The number of hydrogen-bond acceptors (Lipinski definition) is 5. The third-order valence-corrected chi connectivity index (χ3v) is 2.49. The van der Waals surface area contributed by atoms with E-state index in [0.717, 1.165) is 32.9 Å². The third-order valence-electron chi connectivity index (χ3n) is 1.54. The molecule has 1 atom stereocenters. The van der Waals surface area contributed by atoms with Gasteiger partial charge in [-0.3, -0.25) is 4.57 Å². The monoisotopic (exact) mass is 210 g/mol. The van der Waals surface area contributed by atoms with E-state index in [0.29, 0.717) is 0 Å². The molecular formula is C7H17NO4P-. The molecular weight excluding hydrogens is 193 g/mol. The SMILES string of the molecule is CNCCCCCOP(=O)([O-])OC. The summed E-state index contributed by atoms with van der Waals surface area (Å²) in [5.74, 6) is 0. The van der Waals surface area contributed by atoms with Crippen LogP contribution in [0.1, 0.15) is 19.3 Å². The molecule has 0 fully saturated rings. The van der Waals surface area contributed by atoms with Gasteiger partial charge in [0.15, 0.2) is 0 Å². The summed E-state index contributed by atoms with van der Waals surface area (Å²) in [5.41, 5.74) is 0. The van der Waals surface area contributed by atoms with Gasteiger partial charge in [-0.15, -0.1) is 0 Å². The highest BCUT2D eigenvalue weighted by Crippen LogP contribution is 2.36. The Bertz CT molecular complexity index is 165. The van der Waals surface area contributed by atoms with Crippen LogP contribution in [-0.4, -0.2) is 27.3 Å². The average molecular weight is 210 g/mol. The second kappa shape index (κ2) is 7.47. The van der Waals surface area contributed by atoms with Crippen LogP contribution in [-0.2, 0) is 13.6 Å². The van der Waals surface area contributed by atoms with E-state index in [2.05, 4.69) is 14.4 Å². The van der Waals surface area contributed by atoms with Crippen LogP contribution in [0.5, 0.6) is 0 Å². The van der Waals surface area contributed by atoms with Crippen LogP contribution in [0.2, 0.25) is 0 Å². The lowest BCUT2D eigenvalue weighted by atomic mass is 10.2. The van der Waals surface area contributed by atoms with Gasteiger partial charge in [0.05, 0.1) is 6.61 Å². The first-order valence-electron chi connectivity index (χ1n) is 4.28. The minimum absolute atomic E-state index is 0.207. The molecule has 0 rings (SSSR count). The Balaban J connectivity index is 3.21. The molecule has 1 N–H and O–H groups in total. The first kappa shape index (κ1) is 13.1. The summed E-state index contributed by atoms with van der Waals surface area (Å²) in [4.78, 5) is 10.7. The maximum absolute atomic E-state index is 10.7. The predicted molar refractivity (Wildman–Crippen MR) is 48.3 cm³/mol. The maximum Gasteiger partial charge on any atom is 0.267 e. The Morgan fingerprint density at radius 2 is 2.08 bits per heavy atom. The smallest absolute Gasteiger partial charge is 0.267 e. The molecule has 0 heterocycles. The summed E-state index contributed by atoms with van der Waals surface area (Å²) in [6.07, 6.45) is 2.71. The fraction of sp³-hybridized carbons (Fsp3) is 1.00. The standard InChI is InChI=1S/C7H18NO4P/c1-8-6-4-3-5-7-12-13(9,10)11-2/h8H,3-7H2,1-2H3,(H,9,10)/p-1. The molecule has 0 saturated carbocycles. The van der Waals surface area contributed by atoms with E-state index in [4.69, 9.17) is 0 Å². The average Bonchev–Trinajstić information content (AvgIpc) is 2.11. The molecule has 0 saturated heterocycles. The van der Waals surface area contributed by atoms with Gasteiger partial charge in [-0.2, -0.15) is 0 Å². The van der Waals surface area contributed by atoms with Crippen LogP contribution in [0.3, 0.4) is 0 Å². The highest BCUT2D eigenvalue weighted by Gasteiger charge is 2.04. The third kappa shape index (κ3) is 8.40. The second-order valence-corrected chi connectivity index (χ2v) is 4.14. The Labute approximate surface area is 79.0 Å². The van der Waals surface area contributed by atoms with Gasteiger partial charge in [0.2, 0.25) is 0 Å². The van der Waals surface area contributed by atoms with Crippen molar-refractivity contribution in [2.75, 3.05) is 27.3 Å². The first-order chi connectivity index (χ1) is 6.12. The molecule has 0 aliphatic heterocycles. The summed E-state index contributed by atoms with van der Waals surface area (Å²) in [5, 5.41) is 3.00. The molecule has 0 aromatic rings. The van der Waals surface area contributed by atoms with Gasteiger partial charge in [0, 0.05) is 7.11 Å². The lowest BCUT2D eigenvalue weighted by Gasteiger charge is -2.19. The Kier molecular flexibility index (Phi) is 7.51. The number of phosphoric ester groups is 1. The molecule has 0 aromatic heterocycles. The van der Waals surface area contributed by atoms with Crippen molar-refractivity contribution in [3.05, 3.63) is 0 Å². The van der Waals surface area contributed by atoms with Crippen LogP contribution in [0.25, 0.3) is 0 Å². The number of phosphoric acid groups is 1. The van der Waals surface area contributed by atoms with Gasteiger partial charge in [-0.1, -0.05) is 0 Å². The number of hydrogen-bond donors (Lipinski definition) is 1. The van der Waals surface area contributed by atoms with Crippen LogP contribution >= 0.6 is 7.82 Å². The van der Waals surface area contributed by atoms with E-state index in [9.17, 15) is 9.46 Å². The van der Waals surface area contributed by atoms with Gasteiger partial charge in [-0.25, -0.2) is 0 Å². The minimum atomic E-state index is -3.99. The Morgan fingerprint density at radius 3 is 2.62 bits per heavy atom. The van der Waals surface area contributed by atoms with Gasteiger partial charge < -0.3 is 19.3 Å². The molecule has 0 radical (unpaired) electrons. The summed E-state index contributed by atoms with van der Waals surface area (Å²) in [6.45, 7) is 1.15. The van der Waals surface area contributed by atoms with E-state index < -0.39 is 7.82 Å². The van der Waals surface area contributed by atoms with Crippen molar-refractivity contribution < 1.29 is 18.5 Å². The fourth-order valence-corrected chi connectivity index (χ4v) is 1.27. The van der Waals surface area contributed by atoms with Crippen molar-refractivity contribution in [2.24, 2.45) is 0 Å². The molecule has 6 heteroatoms. The van der Waals surface area contributed by atoms with E-state index >= 15 is 0 Å². The van der Waals surface area contributed by atoms with Gasteiger partial charge in [0.25, 0.3) is 7.82 Å². The van der Waals surface area contributed by atoms with Crippen LogP contribution in [0.15, 0.2) is 0 Å². The van der Waals surface area contributed by atoms with Gasteiger partial charge >= 0.3 is 0 Å². The molecule has 0 aliphatic carbocycles. The second-order valence-electron chi connectivity index (χ2n) is 2.63. The molecule has 0 aromatic carbocycles. The topological polar surface area (TPSA) is 70.6 Å². The summed E-state index contributed by atoms with van der Waals surface area (Å²) in [6, 6.07) is 0. The Morgan fingerprint density at radius 1 is 1.38 bits per heavy atom. The van der Waals surface area contributed by atoms with E-state index in [1.165, 1.54) is 0 Å². The molecule has 0 aliphatic rings. The maximum atomic E-state index is 10.7. The number of rotatable bonds is 8.